The van der Waals surface area contributed by atoms with Crippen molar-refractivity contribution in [2.45, 2.75) is 6.42 Å². The number of hydrogen-bond acceptors (Lipinski definition) is 3. The van der Waals surface area contributed by atoms with E-state index in [1.807, 2.05) is 24.4 Å². The Labute approximate surface area is 90.7 Å². The minimum atomic E-state index is 0. The Kier molecular flexibility index (Phi) is 4.70. The van der Waals surface area contributed by atoms with Crippen LogP contribution >= 0.6 is 12.4 Å². The van der Waals surface area contributed by atoms with E-state index in [1.54, 1.807) is 0 Å². The van der Waals surface area contributed by atoms with Crippen LogP contribution in [0.4, 0.5) is 5.82 Å². The molecule has 2 N–H and O–H groups in total. The van der Waals surface area contributed by atoms with Gasteiger partial charge in [0.2, 0.25) is 0 Å². The molecule has 0 aliphatic carbocycles. The van der Waals surface area contributed by atoms with Crippen LogP contribution in [0, 0.1) is 5.92 Å². The molecule has 0 radical (unpaired) electrons. The lowest BCUT2D eigenvalue weighted by molar-refractivity contribution is 0.614. The number of pyridine rings is 1. The molecule has 1 aromatic heterocycles. The topological polar surface area (TPSA) is 37.0 Å². The highest BCUT2D eigenvalue weighted by Crippen LogP contribution is 2.08. The molecule has 2 rings (SSSR count). The van der Waals surface area contributed by atoms with Gasteiger partial charge in [-0.1, -0.05) is 6.07 Å². The molecule has 14 heavy (non-hydrogen) atoms. The maximum atomic E-state index is 4.21. The van der Waals surface area contributed by atoms with E-state index in [0.29, 0.717) is 0 Å². The first-order chi connectivity index (χ1) is 6.45. The molecule has 1 aliphatic heterocycles. The summed E-state index contributed by atoms with van der Waals surface area (Å²) in [5.74, 6) is 1.75. The number of hydrogen-bond donors (Lipinski definition) is 2. The SMILES string of the molecule is Cl.c1ccc(NCC2CCNC2)nc1. The molecule has 0 saturated carbocycles. The summed E-state index contributed by atoms with van der Waals surface area (Å²) in [5, 5.41) is 6.68. The van der Waals surface area contributed by atoms with Gasteiger partial charge in [-0.2, -0.15) is 0 Å². The Balaban J connectivity index is 0.000000980. The van der Waals surface area contributed by atoms with Gasteiger partial charge in [0.15, 0.2) is 0 Å². The van der Waals surface area contributed by atoms with Crippen molar-refractivity contribution >= 4 is 18.2 Å². The van der Waals surface area contributed by atoms with Crippen molar-refractivity contribution in [2.75, 3.05) is 25.0 Å². The summed E-state index contributed by atoms with van der Waals surface area (Å²) >= 11 is 0. The third-order valence-corrected chi connectivity index (χ3v) is 2.40. The number of nitrogens with one attached hydrogen (secondary N) is 2. The molecule has 1 atom stereocenters. The smallest absolute Gasteiger partial charge is 0.125 e. The van der Waals surface area contributed by atoms with E-state index in [2.05, 4.69) is 15.6 Å². The second-order valence-corrected chi connectivity index (χ2v) is 3.45. The maximum absolute atomic E-state index is 4.21. The van der Waals surface area contributed by atoms with Crippen molar-refractivity contribution in [1.82, 2.24) is 10.3 Å². The maximum Gasteiger partial charge on any atom is 0.125 e. The number of anilines is 1. The fourth-order valence-electron chi connectivity index (χ4n) is 1.60. The van der Waals surface area contributed by atoms with Crippen molar-refractivity contribution < 1.29 is 0 Å². The van der Waals surface area contributed by atoms with Crippen molar-refractivity contribution in [3.63, 3.8) is 0 Å². The third kappa shape index (κ3) is 3.16. The average Bonchev–Trinajstić information content (AvgIpc) is 2.69. The summed E-state index contributed by atoms with van der Waals surface area (Å²) in [5.41, 5.74) is 0. The van der Waals surface area contributed by atoms with E-state index in [1.165, 1.54) is 6.42 Å². The van der Waals surface area contributed by atoms with Crippen LogP contribution in [0.25, 0.3) is 0 Å². The van der Waals surface area contributed by atoms with Crippen LogP contribution in [0.5, 0.6) is 0 Å². The van der Waals surface area contributed by atoms with Crippen LogP contribution in [-0.2, 0) is 0 Å². The first kappa shape index (κ1) is 11.3. The Bertz CT molecular complexity index is 247. The van der Waals surface area contributed by atoms with E-state index < -0.39 is 0 Å². The highest BCUT2D eigenvalue weighted by atomic mass is 35.5. The summed E-state index contributed by atoms with van der Waals surface area (Å²) in [6.07, 6.45) is 3.09. The van der Waals surface area contributed by atoms with Gasteiger partial charge in [0.1, 0.15) is 5.82 Å². The van der Waals surface area contributed by atoms with Crippen molar-refractivity contribution in [3.8, 4) is 0 Å². The Hall–Kier alpha value is -0.800. The number of rotatable bonds is 3. The molecule has 4 heteroatoms. The zero-order chi connectivity index (χ0) is 8.93. The van der Waals surface area contributed by atoms with E-state index in [0.717, 1.165) is 31.4 Å². The van der Waals surface area contributed by atoms with E-state index in [9.17, 15) is 0 Å². The van der Waals surface area contributed by atoms with Crippen LogP contribution in [-0.4, -0.2) is 24.6 Å². The molecule has 2 heterocycles. The molecule has 78 valence electrons. The first-order valence-corrected chi connectivity index (χ1v) is 4.81. The van der Waals surface area contributed by atoms with Crippen molar-refractivity contribution in [3.05, 3.63) is 24.4 Å². The molecule has 0 amide bonds. The molecular formula is C10H16ClN3. The standard InChI is InChI=1S/C10H15N3.ClH/c1-2-5-12-10(3-1)13-8-9-4-6-11-7-9;/h1-3,5,9,11H,4,6-8H2,(H,12,13);1H. The molecule has 3 nitrogen and oxygen atoms in total. The highest BCUT2D eigenvalue weighted by Gasteiger charge is 2.13. The van der Waals surface area contributed by atoms with Gasteiger partial charge in [0.05, 0.1) is 0 Å². The largest absolute Gasteiger partial charge is 0.370 e. The predicted molar refractivity (Wildman–Crippen MR) is 61.0 cm³/mol. The van der Waals surface area contributed by atoms with Crippen LogP contribution in [0.15, 0.2) is 24.4 Å². The zero-order valence-electron chi connectivity index (χ0n) is 8.07. The van der Waals surface area contributed by atoms with E-state index in [4.69, 9.17) is 0 Å². The summed E-state index contributed by atoms with van der Waals surface area (Å²) < 4.78 is 0. The predicted octanol–water partition coefficient (Wildman–Crippen LogP) is 1.52. The van der Waals surface area contributed by atoms with Crippen molar-refractivity contribution in [1.29, 1.82) is 0 Å². The molecular weight excluding hydrogens is 198 g/mol. The summed E-state index contributed by atoms with van der Waals surface area (Å²) in [6.45, 7) is 3.33. The molecule has 1 fully saturated rings. The summed E-state index contributed by atoms with van der Waals surface area (Å²) in [4.78, 5) is 4.21. The Morgan fingerprint density at radius 3 is 3.07 bits per heavy atom. The zero-order valence-corrected chi connectivity index (χ0v) is 8.89. The van der Waals surface area contributed by atoms with Gasteiger partial charge in [-0.3, -0.25) is 0 Å². The fourth-order valence-corrected chi connectivity index (χ4v) is 1.60. The second kappa shape index (κ2) is 5.83. The van der Waals surface area contributed by atoms with Crippen LogP contribution in [0.1, 0.15) is 6.42 Å². The second-order valence-electron chi connectivity index (χ2n) is 3.45. The monoisotopic (exact) mass is 213 g/mol. The third-order valence-electron chi connectivity index (χ3n) is 2.40. The minimum Gasteiger partial charge on any atom is -0.370 e. The van der Waals surface area contributed by atoms with Gasteiger partial charge in [0.25, 0.3) is 0 Å². The van der Waals surface area contributed by atoms with Crippen LogP contribution in [0.3, 0.4) is 0 Å². The molecule has 0 aromatic carbocycles. The van der Waals surface area contributed by atoms with Crippen LogP contribution in [0.2, 0.25) is 0 Å². The van der Waals surface area contributed by atoms with Gasteiger partial charge < -0.3 is 10.6 Å². The van der Waals surface area contributed by atoms with Crippen molar-refractivity contribution in [2.24, 2.45) is 5.92 Å². The minimum absolute atomic E-state index is 0. The van der Waals surface area contributed by atoms with E-state index >= 15 is 0 Å². The first-order valence-electron chi connectivity index (χ1n) is 4.81. The molecule has 0 spiro atoms. The summed E-state index contributed by atoms with van der Waals surface area (Å²) in [7, 11) is 0. The molecule has 1 unspecified atom stereocenters. The van der Waals surface area contributed by atoms with Gasteiger partial charge in [-0.25, -0.2) is 4.98 Å². The highest BCUT2D eigenvalue weighted by molar-refractivity contribution is 5.85. The fraction of sp³-hybridized carbons (Fsp3) is 0.500. The normalized spacial score (nSPS) is 20.1. The molecule has 0 bridgehead atoms. The average molecular weight is 214 g/mol. The number of halogens is 1. The van der Waals surface area contributed by atoms with E-state index in [-0.39, 0.29) is 12.4 Å². The van der Waals surface area contributed by atoms with Gasteiger partial charge in [-0.15, -0.1) is 12.4 Å². The molecule has 1 aromatic rings. The Morgan fingerprint density at radius 1 is 1.50 bits per heavy atom. The van der Waals surface area contributed by atoms with Crippen LogP contribution < -0.4 is 10.6 Å². The van der Waals surface area contributed by atoms with Gasteiger partial charge >= 0.3 is 0 Å². The van der Waals surface area contributed by atoms with Gasteiger partial charge in [-0.05, 0) is 37.6 Å². The molecule has 1 aliphatic rings. The Morgan fingerprint density at radius 2 is 2.43 bits per heavy atom. The molecule has 1 saturated heterocycles. The summed E-state index contributed by atoms with van der Waals surface area (Å²) in [6, 6.07) is 5.94. The lowest BCUT2D eigenvalue weighted by Crippen LogP contribution is -2.17. The lowest BCUT2D eigenvalue weighted by atomic mass is 10.1. The number of aromatic nitrogens is 1. The quantitative estimate of drug-likeness (QED) is 0.800. The van der Waals surface area contributed by atoms with Gasteiger partial charge in [0, 0.05) is 12.7 Å². The lowest BCUT2D eigenvalue weighted by Gasteiger charge is -2.09. The number of nitrogens with zero attached hydrogens (tertiary/aromatic N) is 1.